The van der Waals surface area contributed by atoms with Gasteiger partial charge >= 0.3 is 0 Å². The molecule has 0 fully saturated rings. The molecule has 0 radical (unpaired) electrons. The third-order valence-electron chi connectivity index (χ3n) is 3.38. The third kappa shape index (κ3) is 4.00. The molecule has 118 valence electrons. The monoisotopic (exact) mass is 306 g/mol. The fourth-order valence-electron chi connectivity index (χ4n) is 2.26. The van der Waals surface area contributed by atoms with Crippen LogP contribution in [-0.2, 0) is 17.9 Å². The first-order valence-electron chi connectivity index (χ1n) is 7.29. The molecule has 0 spiro atoms. The first-order chi connectivity index (χ1) is 10.8. The Bertz CT molecular complexity index is 584. The Morgan fingerprint density at radius 1 is 1.23 bits per heavy atom. The average Bonchev–Trinajstić information content (AvgIpc) is 3.17. The number of hydrogen-bond donors (Lipinski definition) is 2. The van der Waals surface area contributed by atoms with E-state index in [0.717, 1.165) is 22.8 Å². The fraction of sp³-hybridized carbons (Fsp3) is 0.375. The summed E-state index contributed by atoms with van der Waals surface area (Å²) in [5, 5.41) is 11.9. The van der Waals surface area contributed by atoms with E-state index in [-0.39, 0.29) is 6.79 Å². The second-order valence-electron chi connectivity index (χ2n) is 5.16. The lowest BCUT2D eigenvalue weighted by Crippen LogP contribution is -2.85. The van der Waals surface area contributed by atoms with Crippen molar-refractivity contribution in [2.45, 2.75) is 19.3 Å². The van der Waals surface area contributed by atoms with Gasteiger partial charge in [0.25, 0.3) is 0 Å². The zero-order valence-electron chi connectivity index (χ0n) is 12.2. The topological polar surface area (TPSA) is 77.7 Å². The van der Waals surface area contributed by atoms with Gasteiger partial charge in [0, 0.05) is 0 Å². The highest BCUT2D eigenvalue weighted by Gasteiger charge is 2.13. The summed E-state index contributed by atoms with van der Waals surface area (Å²) >= 11 is 0. The number of benzene rings is 1. The molecule has 0 saturated carbocycles. The van der Waals surface area contributed by atoms with Crippen molar-refractivity contribution >= 4 is 0 Å². The quantitative estimate of drug-likeness (QED) is 0.749. The van der Waals surface area contributed by atoms with Crippen LogP contribution < -0.4 is 14.8 Å². The summed E-state index contributed by atoms with van der Waals surface area (Å²) in [6.45, 7) is 2.28. The van der Waals surface area contributed by atoms with Crippen molar-refractivity contribution in [1.82, 2.24) is 0 Å². The molecule has 0 unspecified atom stereocenters. The molecule has 2 heterocycles. The Morgan fingerprint density at radius 3 is 3.00 bits per heavy atom. The molecule has 0 bridgehead atoms. The highest BCUT2D eigenvalue weighted by molar-refractivity contribution is 5.44. The minimum absolute atomic E-state index is 0.268. The second-order valence-corrected chi connectivity index (χ2v) is 5.16. The van der Waals surface area contributed by atoms with E-state index >= 15 is 0 Å². The molecule has 1 aliphatic heterocycles. The minimum Gasteiger partial charge on any atom is -0.463 e. The van der Waals surface area contributed by atoms with E-state index in [1.54, 1.807) is 6.26 Å². The van der Waals surface area contributed by atoms with Crippen LogP contribution >= 0.6 is 0 Å². The number of nitrogens with two attached hydrogens (primary N) is 1. The predicted octanol–water partition coefficient (Wildman–Crippen LogP) is 0.649. The van der Waals surface area contributed by atoms with Gasteiger partial charge in [-0.15, -0.1) is 0 Å². The summed E-state index contributed by atoms with van der Waals surface area (Å²) in [5.74, 6) is 2.40. The molecule has 0 saturated heterocycles. The zero-order valence-corrected chi connectivity index (χ0v) is 12.2. The summed E-state index contributed by atoms with van der Waals surface area (Å²) in [5.41, 5.74) is 0.996. The van der Waals surface area contributed by atoms with E-state index in [4.69, 9.17) is 18.6 Å². The lowest BCUT2D eigenvalue weighted by atomic mass is 10.2. The number of hydrogen-bond acceptors (Lipinski definition) is 5. The number of aliphatic hydroxyl groups is 1. The molecule has 3 rings (SSSR count). The SMILES string of the molecule is O[C@H](C[NH2+]Cc1ccco1)COCc1ccc2c(c1)OCO2. The summed E-state index contributed by atoms with van der Waals surface area (Å²) in [7, 11) is 0. The Hall–Kier alpha value is -2.02. The molecule has 2 aromatic rings. The van der Waals surface area contributed by atoms with E-state index in [2.05, 4.69) is 0 Å². The normalized spacial score (nSPS) is 14.2. The van der Waals surface area contributed by atoms with Crippen LogP contribution in [0.15, 0.2) is 41.0 Å². The molecule has 3 N–H and O–H groups in total. The molecule has 1 aromatic heterocycles. The molecule has 6 nitrogen and oxygen atoms in total. The van der Waals surface area contributed by atoms with Gasteiger partial charge in [0.2, 0.25) is 6.79 Å². The van der Waals surface area contributed by atoms with Gasteiger partial charge in [-0.25, -0.2) is 0 Å². The molecule has 6 heteroatoms. The molecular weight excluding hydrogens is 286 g/mol. The van der Waals surface area contributed by atoms with Crippen molar-refractivity contribution in [1.29, 1.82) is 0 Å². The molecule has 1 aliphatic rings. The summed E-state index contributed by atoms with van der Waals surface area (Å²) < 4.78 is 21.3. The first-order valence-corrected chi connectivity index (χ1v) is 7.29. The first kappa shape index (κ1) is 14.9. The molecule has 0 aliphatic carbocycles. The highest BCUT2D eigenvalue weighted by Crippen LogP contribution is 2.32. The van der Waals surface area contributed by atoms with Gasteiger partial charge < -0.3 is 29.1 Å². The molecule has 1 atom stereocenters. The van der Waals surface area contributed by atoms with Gasteiger partial charge in [-0.1, -0.05) is 6.07 Å². The smallest absolute Gasteiger partial charge is 0.231 e. The van der Waals surface area contributed by atoms with Crippen LogP contribution in [0.5, 0.6) is 11.5 Å². The summed E-state index contributed by atoms with van der Waals surface area (Å²) in [4.78, 5) is 0. The maximum absolute atomic E-state index is 9.88. The standard InChI is InChI=1S/C16H19NO5/c18-13(7-17-8-14-2-1-5-20-14)10-19-9-12-3-4-15-16(6-12)22-11-21-15/h1-6,13,17-18H,7-11H2/p+1/t13-/m1/s1. The average molecular weight is 306 g/mol. The molecular formula is C16H20NO5+. The highest BCUT2D eigenvalue weighted by atomic mass is 16.7. The van der Waals surface area contributed by atoms with Gasteiger partial charge in [0.15, 0.2) is 17.3 Å². The predicted molar refractivity (Wildman–Crippen MR) is 77.4 cm³/mol. The Morgan fingerprint density at radius 2 is 2.14 bits per heavy atom. The number of furan rings is 1. The largest absolute Gasteiger partial charge is 0.463 e. The Labute approximate surface area is 128 Å². The summed E-state index contributed by atoms with van der Waals surface area (Å²) in [6.07, 6.45) is 1.14. The number of ether oxygens (including phenoxy) is 3. The van der Waals surface area contributed by atoms with Crippen LogP contribution in [0, 0.1) is 0 Å². The van der Waals surface area contributed by atoms with E-state index in [0.29, 0.717) is 26.3 Å². The number of rotatable bonds is 8. The van der Waals surface area contributed by atoms with Crippen LogP contribution in [-0.4, -0.2) is 31.2 Å². The van der Waals surface area contributed by atoms with Crippen LogP contribution in [0.1, 0.15) is 11.3 Å². The molecule has 1 aromatic carbocycles. The maximum atomic E-state index is 9.88. The van der Waals surface area contributed by atoms with Gasteiger partial charge in [0.1, 0.15) is 19.2 Å². The van der Waals surface area contributed by atoms with Crippen molar-refractivity contribution in [2.24, 2.45) is 0 Å². The van der Waals surface area contributed by atoms with E-state index in [9.17, 15) is 5.11 Å². The van der Waals surface area contributed by atoms with Crippen LogP contribution in [0.4, 0.5) is 0 Å². The maximum Gasteiger partial charge on any atom is 0.231 e. The van der Waals surface area contributed by atoms with Crippen LogP contribution in [0.3, 0.4) is 0 Å². The lowest BCUT2D eigenvalue weighted by Gasteiger charge is -2.10. The van der Waals surface area contributed by atoms with Crippen molar-refractivity contribution in [3.63, 3.8) is 0 Å². The van der Waals surface area contributed by atoms with Crippen LogP contribution in [0.2, 0.25) is 0 Å². The van der Waals surface area contributed by atoms with Gasteiger partial charge in [-0.3, -0.25) is 0 Å². The van der Waals surface area contributed by atoms with Gasteiger partial charge in [0.05, 0.1) is 19.5 Å². The Kier molecular flexibility index (Phi) is 4.95. The second kappa shape index (κ2) is 7.31. The molecule has 0 amide bonds. The zero-order chi connectivity index (χ0) is 15.2. The number of aliphatic hydroxyl groups excluding tert-OH is 1. The van der Waals surface area contributed by atoms with Crippen molar-refractivity contribution < 1.29 is 29.1 Å². The van der Waals surface area contributed by atoms with Gasteiger partial charge in [-0.2, -0.15) is 0 Å². The van der Waals surface area contributed by atoms with E-state index in [1.807, 2.05) is 35.6 Å². The minimum atomic E-state index is -0.510. The van der Waals surface area contributed by atoms with Crippen molar-refractivity contribution in [2.75, 3.05) is 19.9 Å². The van der Waals surface area contributed by atoms with Gasteiger partial charge in [-0.05, 0) is 29.8 Å². The fourth-order valence-corrected chi connectivity index (χ4v) is 2.26. The summed E-state index contributed by atoms with van der Waals surface area (Å²) in [6, 6.07) is 9.47. The number of fused-ring (bicyclic) bond motifs is 1. The third-order valence-corrected chi connectivity index (χ3v) is 3.38. The molecule has 22 heavy (non-hydrogen) atoms. The number of quaternary nitrogens is 1. The van der Waals surface area contributed by atoms with Crippen LogP contribution in [0.25, 0.3) is 0 Å². The lowest BCUT2D eigenvalue weighted by molar-refractivity contribution is -0.678. The van der Waals surface area contributed by atoms with E-state index in [1.165, 1.54) is 0 Å². The Balaban J connectivity index is 1.34. The van der Waals surface area contributed by atoms with Crippen molar-refractivity contribution in [3.8, 4) is 11.5 Å². The van der Waals surface area contributed by atoms with E-state index < -0.39 is 6.10 Å². The van der Waals surface area contributed by atoms with Crippen molar-refractivity contribution in [3.05, 3.63) is 47.9 Å².